The van der Waals surface area contributed by atoms with E-state index in [1.807, 2.05) is 7.05 Å². The normalized spacial score (nSPS) is 36.7. The number of rotatable bonds is 1. The summed E-state index contributed by atoms with van der Waals surface area (Å²) in [5.74, 6) is 0.781. The molecule has 2 unspecified atom stereocenters. The number of nitrogens with one attached hydrogen (secondary N) is 1. The van der Waals surface area contributed by atoms with E-state index in [1.54, 1.807) is 0 Å². The van der Waals surface area contributed by atoms with Gasteiger partial charge in [0.1, 0.15) is 0 Å². The molecule has 1 N–H and O–H groups in total. The maximum atomic E-state index is 5.28. The Morgan fingerprint density at radius 1 is 1.56 bits per heavy atom. The molecule has 2 atom stereocenters. The highest BCUT2D eigenvalue weighted by molar-refractivity contribution is 4.74. The van der Waals surface area contributed by atoms with Crippen LogP contribution in [0.2, 0.25) is 0 Å². The molecular weight excluding hydrogens is 114 g/mol. The summed E-state index contributed by atoms with van der Waals surface area (Å²) in [6.45, 7) is 4.10. The van der Waals surface area contributed by atoms with Gasteiger partial charge >= 0.3 is 0 Å². The lowest BCUT2D eigenvalue weighted by Gasteiger charge is -2.28. The largest absolute Gasteiger partial charge is 0.380 e. The van der Waals surface area contributed by atoms with Gasteiger partial charge in [0.25, 0.3) is 0 Å². The minimum Gasteiger partial charge on any atom is -0.380 e. The van der Waals surface area contributed by atoms with Crippen molar-refractivity contribution in [2.45, 2.75) is 19.4 Å². The van der Waals surface area contributed by atoms with Gasteiger partial charge in [0, 0.05) is 12.6 Å². The van der Waals surface area contributed by atoms with E-state index in [2.05, 4.69) is 12.2 Å². The molecule has 1 fully saturated rings. The molecule has 0 aromatic heterocycles. The van der Waals surface area contributed by atoms with Crippen molar-refractivity contribution < 1.29 is 4.74 Å². The van der Waals surface area contributed by atoms with Crippen molar-refractivity contribution in [3.05, 3.63) is 0 Å². The van der Waals surface area contributed by atoms with Gasteiger partial charge in [-0.1, -0.05) is 6.92 Å². The van der Waals surface area contributed by atoms with Gasteiger partial charge in [0.2, 0.25) is 0 Å². The molecule has 0 bridgehead atoms. The Hall–Kier alpha value is -0.0800. The van der Waals surface area contributed by atoms with Gasteiger partial charge in [0.15, 0.2) is 0 Å². The molecule has 0 aromatic rings. The van der Waals surface area contributed by atoms with E-state index in [1.165, 1.54) is 6.42 Å². The molecular formula is C7H15NO. The van der Waals surface area contributed by atoms with E-state index in [0.717, 1.165) is 19.1 Å². The molecule has 1 saturated heterocycles. The van der Waals surface area contributed by atoms with E-state index in [9.17, 15) is 0 Å². The third-order valence-corrected chi connectivity index (χ3v) is 2.07. The van der Waals surface area contributed by atoms with Crippen molar-refractivity contribution in [2.75, 3.05) is 20.3 Å². The fourth-order valence-corrected chi connectivity index (χ4v) is 1.21. The zero-order valence-electron chi connectivity index (χ0n) is 6.18. The Morgan fingerprint density at radius 2 is 2.33 bits per heavy atom. The summed E-state index contributed by atoms with van der Waals surface area (Å²) in [5, 5.41) is 3.23. The van der Waals surface area contributed by atoms with Crippen molar-refractivity contribution in [3.8, 4) is 0 Å². The second-order valence-corrected chi connectivity index (χ2v) is 2.74. The zero-order chi connectivity index (χ0) is 6.69. The Morgan fingerprint density at radius 3 is 2.78 bits per heavy atom. The summed E-state index contributed by atoms with van der Waals surface area (Å²) in [5.41, 5.74) is 0. The van der Waals surface area contributed by atoms with Crippen LogP contribution in [0.4, 0.5) is 0 Å². The minimum absolute atomic E-state index is 0.582. The first-order valence-electron chi connectivity index (χ1n) is 3.59. The van der Waals surface area contributed by atoms with Crippen LogP contribution >= 0.6 is 0 Å². The SMILES string of the molecule is CNC1COCCC1C. The molecule has 2 nitrogen and oxygen atoms in total. The Bertz CT molecular complexity index is 85.0. The topological polar surface area (TPSA) is 21.3 Å². The maximum Gasteiger partial charge on any atom is 0.0622 e. The number of hydrogen-bond donors (Lipinski definition) is 1. The second kappa shape index (κ2) is 3.18. The van der Waals surface area contributed by atoms with Crippen LogP contribution in [0.1, 0.15) is 13.3 Å². The highest BCUT2D eigenvalue weighted by Crippen LogP contribution is 2.13. The first-order chi connectivity index (χ1) is 4.34. The lowest BCUT2D eigenvalue weighted by atomic mass is 9.98. The van der Waals surface area contributed by atoms with Crippen molar-refractivity contribution >= 4 is 0 Å². The van der Waals surface area contributed by atoms with Crippen LogP contribution in [0.25, 0.3) is 0 Å². The highest BCUT2D eigenvalue weighted by atomic mass is 16.5. The van der Waals surface area contributed by atoms with Crippen LogP contribution in [0.5, 0.6) is 0 Å². The molecule has 54 valence electrons. The molecule has 1 aliphatic heterocycles. The zero-order valence-corrected chi connectivity index (χ0v) is 6.18. The first kappa shape index (κ1) is 7.03. The second-order valence-electron chi connectivity index (χ2n) is 2.74. The van der Waals surface area contributed by atoms with E-state index >= 15 is 0 Å². The molecule has 0 saturated carbocycles. The summed E-state index contributed by atoms with van der Waals surface area (Å²) >= 11 is 0. The van der Waals surface area contributed by atoms with E-state index in [4.69, 9.17) is 4.74 Å². The van der Waals surface area contributed by atoms with E-state index in [-0.39, 0.29) is 0 Å². The van der Waals surface area contributed by atoms with Crippen LogP contribution in [0.15, 0.2) is 0 Å². The van der Waals surface area contributed by atoms with Crippen LogP contribution in [0.3, 0.4) is 0 Å². The number of ether oxygens (including phenoxy) is 1. The predicted molar refractivity (Wildman–Crippen MR) is 37.4 cm³/mol. The number of likely N-dealkylation sites (N-methyl/N-ethyl adjacent to an activating group) is 1. The summed E-state index contributed by atoms with van der Waals surface area (Å²) in [6.07, 6.45) is 1.20. The van der Waals surface area contributed by atoms with Gasteiger partial charge in [-0.3, -0.25) is 0 Å². The van der Waals surface area contributed by atoms with Crippen LogP contribution in [-0.2, 0) is 4.74 Å². The molecule has 0 aromatic carbocycles. The Labute approximate surface area is 56.6 Å². The summed E-state index contributed by atoms with van der Waals surface area (Å²) in [7, 11) is 2.00. The molecule has 9 heavy (non-hydrogen) atoms. The maximum absolute atomic E-state index is 5.28. The van der Waals surface area contributed by atoms with E-state index < -0.39 is 0 Å². The fraction of sp³-hybridized carbons (Fsp3) is 1.00. The van der Waals surface area contributed by atoms with Crippen LogP contribution < -0.4 is 5.32 Å². The van der Waals surface area contributed by atoms with Crippen molar-refractivity contribution in [2.24, 2.45) is 5.92 Å². The van der Waals surface area contributed by atoms with Crippen LogP contribution in [0, 0.1) is 5.92 Å². The molecule has 0 aliphatic carbocycles. The van der Waals surface area contributed by atoms with Crippen molar-refractivity contribution in [1.82, 2.24) is 5.32 Å². The van der Waals surface area contributed by atoms with Gasteiger partial charge < -0.3 is 10.1 Å². The standard InChI is InChI=1S/C7H15NO/c1-6-3-4-9-5-7(6)8-2/h6-8H,3-5H2,1-2H3. The smallest absolute Gasteiger partial charge is 0.0622 e. The lowest BCUT2D eigenvalue weighted by molar-refractivity contribution is 0.0442. The first-order valence-corrected chi connectivity index (χ1v) is 3.59. The van der Waals surface area contributed by atoms with Crippen molar-refractivity contribution in [3.63, 3.8) is 0 Å². The third-order valence-electron chi connectivity index (χ3n) is 2.07. The summed E-state index contributed by atoms with van der Waals surface area (Å²) < 4.78 is 5.28. The Balaban J connectivity index is 2.30. The van der Waals surface area contributed by atoms with Crippen LogP contribution in [-0.4, -0.2) is 26.3 Å². The number of hydrogen-bond acceptors (Lipinski definition) is 2. The third kappa shape index (κ3) is 1.66. The molecule has 0 amide bonds. The lowest BCUT2D eigenvalue weighted by Crippen LogP contribution is -2.40. The molecule has 1 heterocycles. The minimum atomic E-state index is 0.582. The molecule has 1 rings (SSSR count). The van der Waals surface area contributed by atoms with Gasteiger partial charge in [0.05, 0.1) is 6.61 Å². The van der Waals surface area contributed by atoms with Crippen molar-refractivity contribution in [1.29, 1.82) is 0 Å². The average molecular weight is 129 g/mol. The summed E-state index contributed by atoms with van der Waals surface area (Å²) in [6, 6.07) is 0.582. The van der Waals surface area contributed by atoms with Gasteiger partial charge in [-0.2, -0.15) is 0 Å². The molecule has 1 aliphatic rings. The van der Waals surface area contributed by atoms with Gasteiger partial charge in [-0.05, 0) is 19.4 Å². The van der Waals surface area contributed by atoms with E-state index in [0.29, 0.717) is 6.04 Å². The monoisotopic (exact) mass is 129 g/mol. The molecule has 0 radical (unpaired) electrons. The summed E-state index contributed by atoms with van der Waals surface area (Å²) in [4.78, 5) is 0. The quantitative estimate of drug-likeness (QED) is 0.560. The van der Waals surface area contributed by atoms with Gasteiger partial charge in [-0.25, -0.2) is 0 Å². The Kier molecular flexibility index (Phi) is 2.49. The molecule has 0 spiro atoms. The van der Waals surface area contributed by atoms with Gasteiger partial charge in [-0.15, -0.1) is 0 Å². The highest BCUT2D eigenvalue weighted by Gasteiger charge is 2.19. The predicted octanol–water partition coefficient (Wildman–Crippen LogP) is 0.631. The fourth-order valence-electron chi connectivity index (χ4n) is 1.21. The average Bonchev–Trinajstić information content (AvgIpc) is 1.89. The molecule has 2 heteroatoms.